The molecule has 0 aliphatic heterocycles. The van der Waals surface area contributed by atoms with E-state index in [0.29, 0.717) is 6.54 Å². The lowest BCUT2D eigenvalue weighted by atomic mass is 9.90. The van der Waals surface area contributed by atoms with Gasteiger partial charge in [-0.05, 0) is 44.9 Å². The molecule has 0 aromatic carbocycles. The Labute approximate surface area is 120 Å². The second-order valence-electron chi connectivity index (χ2n) is 5.70. The molecular formula is C14H25ClN2S. The fraction of sp³-hybridized carbons (Fsp3) is 0.714. The maximum Gasteiger partial charge on any atom is 0.0931 e. The van der Waals surface area contributed by atoms with Crippen LogP contribution in [-0.4, -0.2) is 24.0 Å². The van der Waals surface area contributed by atoms with Crippen molar-refractivity contribution in [3.05, 3.63) is 21.3 Å². The Morgan fingerprint density at radius 3 is 2.56 bits per heavy atom. The van der Waals surface area contributed by atoms with Gasteiger partial charge in [0.15, 0.2) is 0 Å². The molecule has 0 radical (unpaired) electrons. The molecule has 2 nitrogen and oxygen atoms in total. The van der Waals surface area contributed by atoms with Gasteiger partial charge < -0.3 is 5.73 Å². The number of hydrogen-bond acceptors (Lipinski definition) is 3. The predicted molar refractivity (Wildman–Crippen MR) is 82.3 cm³/mol. The average molecular weight is 289 g/mol. The summed E-state index contributed by atoms with van der Waals surface area (Å²) in [5.74, 6) is 0.723. The third kappa shape index (κ3) is 4.54. The van der Waals surface area contributed by atoms with Crippen molar-refractivity contribution in [2.24, 2.45) is 11.7 Å². The lowest BCUT2D eigenvalue weighted by Crippen LogP contribution is -2.49. The minimum absolute atomic E-state index is 0.0702. The summed E-state index contributed by atoms with van der Waals surface area (Å²) in [6.45, 7) is 8.38. The first-order valence-electron chi connectivity index (χ1n) is 6.53. The van der Waals surface area contributed by atoms with Crippen molar-refractivity contribution in [3.63, 3.8) is 0 Å². The maximum atomic E-state index is 5.99. The van der Waals surface area contributed by atoms with Gasteiger partial charge in [0.2, 0.25) is 0 Å². The van der Waals surface area contributed by atoms with Crippen LogP contribution in [0, 0.1) is 5.92 Å². The summed E-state index contributed by atoms with van der Waals surface area (Å²) in [7, 11) is 2.15. The monoisotopic (exact) mass is 288 g/mol. The molecule has 0 saturated carbocycles. The third-order valence-electron chi connectivity index (χ3n) is 3.64. The number of nitrogens with two attached hydrogens (primary N) is 1. The highest BCUT2D eigenvalue weighted by Crippen LogP contribution is 2.27. The van der Waals surface area contributed by atoms with Crippen LogP contribution in [-0.2, 0) is 6.54 Å². The van der Waals surface area contributed by atoms with Crippen LogP contribution in [0.3, 0.4) is 0 Å². The van der Waals surface area contributed by atoms with Crippen LogP contribution in [0.25, 0.3) is 0 Å². The number of rotatable bonds is 7. The average Bonchev–Trinajstić information content (AvgIpc) is 2.71. The Bertz CT molecular complexity index is 364. The van der Waals surface area contributed by atoms with E-state index in [4.69, 9.17) is 17.3 Å². The molecule has 0 amide bonds. The second kappa shape index (κ2) is 6.90. The Balaban J connectivity index is 2.62. The highest BCUT2D eigenvalue weighted by Gasteiger charge is 2.27. The Hall–Kier alpha value is -0.0900. The maximum absolute atomic E-state index is 5.99. The first kappa shape index (κ1) is 16.0. The van der Waals surface area contributed by atoms with Crippen molar-refractivity contribution in [2.75, 3.05) is 13.6 Å². The van der Waals surface area contributed by atoms with Crippen molar-refractivity contribution in [1.29, 1.82) is 0 Å². The van der Waals surface area contributed by atoms with E-state index in [1.807, 2.05) is 6.07 Å². The second-order valence-corrected chi connectivity index (χ2v) is 7.50. The molecule has 104 valence electrons. The van der Waals surface area contributed by atoms with Crippen molar-refractivity contribution < 1.29 is 0 Å². The standard InChI is InChI=1S/C14H25ClN2S/c1-11(2)7-8-14(3,10-16)17(4)9-12-5-6-13(15)18-12/h5-6,11H,7-10,16H2,1-4H3. The molecule has 1 unspecified atom stereocenters. The molecule has 0 aliphatic carbocycles. The van der Waals surface area contributed by atoms with Crippen LogP contribution < -0.4 is 5.73 Å². The number of hydrogen-bond donors (Lipinski definition) is 1. The third-order valence-corrected chi connectivity index (χ3v) is 4.86. The predicted octanol–water partition coefficient (Wildman–Crippen LogP) is 3.99. The van der Waals surface area contributed by atoms with Crippen molar-refractivity contribution >= 4 is 22.9 Å². The quantitative estimate of drug-likeness (QED) is 0.822. The molecule has 4 heteroatoms. The Morgan fingerprint density at radius 2 is 2.11 bits per heavy atom. The molecule has 0 saturated heterocycles. The van der Waals surface area contributed by atoms with Crippen molar-refractivity contribution in [3.8, 4) is 0 Å². The summed E-state index contributed by atoms with van der Waals surface area (Å²) in [6, 6.07) is 4.06. The van der Waals surface area contributed by atoms with E-state index >= 15 is 0 Å². The molecule has 1 atom stereocenters. The van der Waals surface area contributed by atoms with Gasteiger partial charge in [-0.1, -0.05) is 25.4 Å². The fourth-order valence-corrected chi connectivity index (χ4v) is 3.05. The lowest BCUT2D eigenvalue weighted by molar-refractivity contribution is 0.120. The molecule has 18 heavy (non-hydrogen) atoms. The molecule has 0 spiro atoms. The van der Waals surface area contributed by atoms with E-state index in [9.17, 15) is 0 Å². The molecule has 1 rings (SSSR count). The number of nitrogens with zero attached hydrogens (tertiary/aromatic N) is 1. The van der Waals surface area contributed by atoms with Crippen LogP contribution >= 0.6 is 22.9 Å². The zero-order chi connectivity index (χ0) is 13.8. The van der Waals surface area contributed by atoms with Crippen LogP contribution in [0.4, 0.5) is 0 Å². The normalized spacial score (nSPS) is 15.3. The van der Waals surface area contributed by atoms with Crippen molar-refractivity contribution in [2.45, 2.75) is 45.7 Å². The largest absolute Gasteiger partial charge is 0.329 e. The van der Waals surface area contributed by atoms with E-state index < -0.39 is 0 Å². The van der Waals surface area contributed by atoms with Crippen LogP contribution in [0.1, 0.15) is 38.5 Å². The van der Waals surface area contributed by atoms with Gasteiger partial charge in [0.1, 0.15) is 0 Å². The highest BCUT2D eigenvalue weighted by atomic mass is 35.5. The minimum atomic E-state index is 0.0702. The summed E-state index contributed by atoms with van der Waals surface area (Å²) in [5, 5.41) is 0. The minimum Gasteiger partial charge on any atom is -0.329 e. The molecule has 1 heterocycles. The zero-order valence-corrected chi connectivity index (χ0v) is 13.4. The Morgan fingerprint density at radius 1 is 1.44 bits per heavy atom. The van der Waals surface area contributed by atoms with Crippen molar-refractivity contribution in [1.82, 2.24) is 4.90 Å². The summed E-state index contributed by atoms with van der Waals surface area (Å²) < 4.78 is 0.857. The van der Waals surface area contributed by atoms with Gasteiger partial charge >= 0.3 is 0 Å². The molecule has 2 N–H and O–H groups in total. The zero-order valence-electron chi connectivity index (χ0n) is 11.9. The molecule has 0 fully saturated rings. The van der Waals surface area contributed by atoms with E-state index in [-0.39, 0.29) is 5.54 Å². The lowest BCUT2D eigenvalue weighted by Gasteiger charge is -2.38. The SMILES string of the molecule is CC(C)CCC(C)(CN)N(C)Cc1ccc(Cl)s1. The molecular weight excluding hydrogens is 264 g/mol. The van der Waals surface area contributed by atoms with Gasteiger partial charge in [-0.3, -0.25) is 4.90 Å². The molecule has 1 aromatic rings. The summed E-state index contributed by atoms with van der Waals surface area (Å²) >= 11 is 7.62. The molecule has 0 aliphatic rings. The number of halogens is 1. The molecule has 1 aromatic heterocycles. The van der Waals surface area contributed by atoms with Gasteiger partial charge in [0, 0.05) is 23.5 Å². The van der Waals surface area contributed by atoms with E-state index in [0.717, 1.165) is 23.2 Å². The van der Waals surface area contributed by atoms with Crippen LogP contribution in [0.15, 0.2) is 12.1 Å². The van der Waals surface area contributed by atoms with Gasteiger partial charge in [0.05, 0.1) is 4.34 Å². The van der Waals surface area contributed by atoms with E-state index in [2.05, 4.69) is 38.8 Å². The summed E-state index contributed by atoms with van der Waals surface area (Å²) in [5.41, 5.74) is 6.06. The van der Waals surface area contributed by atoms with Gasteiger partial charge in [-0.15, -0.1) is 11.3 Å². The number of likely N-dealkylation sites (N-methyl/N-ethyl adjacent to an activating group) is 1. The summed E-state index contributed by atoms with van der Waals surface area (Å²) in [6.07, 6.45) is 2.35. The van der Waals surface area contributed by atoms with Gasteiger partial charge in [-0.2, -0.15) is 0 Å². The molecule has 0 bridgehead atoms. The highest BCUT2D eigenvalue weighted by molar-refractivity contribution is 7.16. The van der Waals surface area contributed by atoms with Gasteiger partial charge in [-0.25, -0.2) is 0 Å². The van der Waals surface area contributed by atoms with Gasteiger partial charge in [0.25, 0.3) is 0 Å². The topological polar surface area (TPSA) is 29.3 Å². The first-order valence-corrected chi connectivity index (χ1v) is 7.72. The van der Waals surface area contributed by atoms with Crippen LogP contribution in [0.5, 0.6) is 0 Å². The van der Waals surface area contributed by atoms with E-state index in [1.165, 1.54) is 11.3 Å². The Kier molecular flexibility index (Phi) is 6.12. The fourth-order valence-electron chi connectivity index (χ4n) is 1.91. The number of thiophene rings is 1. The van der Waals surface area contributed by atoms with Crippen LogP contribution in [0.2, 0.25) is 4.34 Å². The summed E-state index contributed by atoms with van der Waals surface area (Å²) in [4.78, 5) is 3.66. The smallest absolute Gasteiger partial charge is 0.0931 e. The first-order chi connectivity index (χ1) is 8.37. The van der Waals surface area contributed by atoms with E-state index in [1.54, 1.807) is 11.3 Å².